The highest BCUT2D eigenvalue weighted by molar-refractivity contribution is 14.1. The maximum atomic E-state index is 11.9. The molecule has 0 heterocycles. The quantitative estimate of drug-likeness (QED) is 0.224. The van der Waals surface area contributed by atoms with Crippen molar-refractivity contribution < 1.29 is 14.5 Å². The van der Waals surface area contributed by atoms with Crippen molar-refractivity contribution in [3.8, 4) is 5.75 Å². The highest BCUT2D eigenvalue weighted by atomic mass is 127. The smallest absolute Gasteiger partial charge is 0.310 e. The Labute approximate surface area is 137 Å². The maximum absolute atomic E-state index is 11.9. The number of hydrogen-bond acceptors (Lipinski definition) is 4. The van der Waals surface area contributed by atoms with Gasteiger partial charge < -0.3 is 10.1 Å². The van der Waals surface area contributed by atoms with E-state index in [0.717, 1.165) is 17.3 Å². The monoisotopic (exact) mass is 406 g/mol. The summed E-state index contributed by atoms with van der Waals surface area (Å²) in [5.74, 6) is -0.146. The molecule has 1 rings (SSSR count). The number of unbranched alkanes of at least 4 members (excludes halogenated alkanes) is 3. The first-order valence-electron chi connectivity index (χ1n) is 6.76. The van der Waals surface area contributed by atoms with Gasteiger partial charge in [0.25, 0.3) is 5.91 Å². The van der Waals surface area contributed by atoms with Gasteiger partial charge in [-0.3, -0.25) is 14.9 Å². The van der Waals surface area contributed by atoms with Crippen LogP contribution in [0.2, 0.25) is 0 Å². The number of methoxy groups -OCH3 is 1. The van der Waals surface area contributed by atoms with Crippen LogP contribution < -0.4 is 10.1 Å². The number of nitro groups is 1. The van der Waals surface area contributed by atoms with Crippen molar-refractivity contribution in [1.29, 1.82) is 0 Å². The lowest BCUT2D eigenvalue weighted by molar-refractivity contribution is -0.385. The van der Waals surface area contributed by atoms with Crippen LogP contribution in [0, 0.1) is 10.1 Å². The van der Waals surface area contributed by atoms with E-state index in [1.165, 1.54) is 38.2 Å². The minimum Gasteiger partial charge on any atom is -0.490 e. The summed E-state index contributed by atoms with van der Waals surface area (Å²) in [6, 6.07) is 4.11. The van der Waals surface area contributed by atoms with Gasteiger partial charge in [0.1, 0.15) is 0 Å². The van der Waals surface area contributed by atoms with Gasteiger partial charge in [0.15, 0.2) is 5.75 Å². The molecule has 116 valence electrons. The number of carbonyl (C=O) groups is 1. The van der Waals surface area contributed by atoms with Crippen LogP contribution in [-0.2, 0) is 0 Å². The molecule has 0 fully saturated rings. The Hall–Kier alpha value is -1.38. The molecule has 0 aliphatic carbocycles. The lowest BCUT2D eigenvalue weighted by Crippen LogP contribution is -2.24. The number of nitro benzene ring substituents is 1. The molecule has 7 heteroatoms. The van der Waals surface area contributed by atoms with Gasteiger partial charge in [0.05, 0.1) is 12.0 Å². The Kier molecular flexibility index (Phi) is 8.03. The van der Waals surface area contributed by atoms with Gasteiger partial charge in [-0.05, 0) is 23.3 Å². The number of nitrogens with one attached hydrogen (secondary N) is 1. The van der Waals surface area contributed by atoms with E-state index in [9.17, 15) is 14.9 Å². The van der Waals surface area contributed by atoms with E-state index in [4.69, 9.17) is 4.74 Å². The average Bonchev–Trinajstić information content (AvgIpc) is 2.49. The Bertz CT molecular complexity index is 494. The molecule has 0 unspecified atom stereocenters. The van der Waals surface area contributed by atoms with E-state index in [-0.39, 0.29) is 17.3 Å². The molecule has 0 saturated carbocycles. The van der Waals surface area contributed by atoms with Crippen LogP contribution in [0.3, 0.4) is 0 Å². The predicted octanol–water partition coefficient (Wildman–Crippen LogP) is 3.33. The molecule has 0 aliphatic rings. The maximum Gasteiger partial charge on any atom is 0.310 e. The third-order valence-corrected chi connectivity index (χ3v) is 3.75. The molecule has 1 amide bonds. The number of hydrogen-bond donors (Lipinski definition) is 1. The summed E-state index contributed by atoms with van der Waals surface area (Å²) in [4.78, 5) is 22.2. The first kappa shape index (κ1) is 17.7. The lowest BCUT2D eigenvalue weighted by atomic mass is 10.1. The Balaban J connectivity index is 2.53. The fraction of sp³-hybridized carbons (Fsp3) is 0.500. The van der Waals surface area contributed by atoms with Gasteiger partial charge in [0.2, 0.25) is 0 Å². The largest absolute Gasteiger partial charge is 0.490 e. The number of carbonyl (C=O) groups excluding carboxylic acids is 1. The second kappa shape index (κ2) is 9.54. The summed E-state index contributed by atoms with van der Waals surface area (Å²) in [5.41, 5.74) is 0.220. The summed E-state index contributed by atoms with van der Waals surface area (Å²) in [6.07, 6.45) is 4.40. The molecule has 0 spiro atoms. The van der Waals surface area contributed by atoms with Gasteiger partial charge in [-0.2, -0.15) is 0 Å². The molecule has 0 atom stereocenters. The summed E-state index contributed by atoms with van der Waals surface area (Å²) < 4.78 is 6.10. The molecule has 1 N–H and O–H groups in total. The standard InChI is InChI=1S/C14H19IN2O4/c1-21-13-10-11(6-7-12(13)17(19)20)14(18)16-9-5-3-2-4-8-15/h6-7,10H,2-5,8-9H2,1H3,(H,16,18). The molecule has 0 aliphatic heterocycles. The first-order valence-corrected chi connectivity index (χ1v) is 8.29. The SMILES string of the molecule is COc1cc(C(=O)NCCCCCCI)ccc1[N+](=O)[O-]. The van der Waals surface area contributed by atoms with Crippen LogP contribution in [-0.4, -0.2) is 28.9 Å². The van der Waals surface area contributed by atoms with Crippen molar-refractivity contribution in [3.05, 3.63) is 33.9 Å². The molecule has 6 nitrogen and oxygen atoms in total. The highest BCUT2D eigenvalue weighted by Crippen LogP contribution is 2.27. The second-order valence-electron chi connectivity index (χ2n) is 4.50. The van der Waals surface area contributed by atoms with Crippen LogP contribution >= 0.6 is 22.6 Å². The first-order chi connectivity index (χ1) is 10.1. The molecule has 1 aromatic rings. The molecular weight excluding hydrogens is 387 g/mol. The minimum atomic E-state index is -0.534. The van der Waals surface area contributed by atoms with Crippen molar-refractivity contribution in [2.45, 2.75) is 25.7 Å². The summed E-state index contributed by atoms with van der Waals surface area (Å²) in [7, 11) is 1.34. The van der Waals surface area contributed by atoms with Crippen LogP contribution in [0.5, 0.6) is 5.75 Å². The topological polar surface area (TPSA) is 81.5 Å². The zero-order valence-electron chi connectivity index (χ0n) is 11.9. The van der Waals surface area contributed by atoms with E-state index >= 15 is 0 Å². The number of nitrogens with zero attached hydrogens (tertiary/aromatic N) is 1. The Morgan fingerprint density at radius 2 is 2.05 bits per heavy atom. The van der Waals surface area contributed by atoms with Crippen molar-refractivity contribution in [2.24, 2.45) is 0 Å². The predicted molar refractivity (Wildman–Crippen MR) is 89.3 cm³/mol. The molecule has 0 radical (unpaired) electrons. The van der Waals surface area contributed by atoms with Gasteiger partial charge in [0, 0.05) is 24.2 Å². The van der Waals surface area contributed by atoms with Gasteiger partial charge in [-0.1, -0.05) is 35.4 Å². The van der Waals surface area contributed by atoms with Gasteiger partial charge in [-0.15, -0.1) is 0 Å². The lowest BCUT2D eigenvalue weighted by Gasteiger charge is -2.07. The Morgan fingerprint density at radius 3 is 2.67 bits per heavy atom. The summed E-state index contributed by atoms with van der Waals surface area (Å²) in [5, 5.41) is 13.6. The van der Waals surface area contributed by atoms with Gasteiger partial charge >= 0.3 is 5.69 Å². The number of alkyl halides is 1. The van der Waals surface area contributed by atoms with Gasteiger partial charge in [-0.25, -0.2) is 0 Å². The molecule has 0 bridgehead atoms. The number of amides is 1. The van der Waals surface area contributed by atoms with Crippen LogP contribution in [0.4, 0.5) is 5.69 Å². The van der Waals surface area contributed by atoms with E-state index in [1.54, 1.807) is 0 Å². The summed E-state index contributed by atoms with van der Waals surface area (Å²) >= 11 is 2.35. The van der Waals surface area contributed by atoms with Crippen LogP contribution in [0.1, 0.15) is 36.0 Å². The number of ether oxygens (including phenoxy) is 1. The fourth-order valence-electron chi connectivity index (χ4n) is 1.85. The van der Waals surface area contributed by atoms with E-state index < -0.39 is 4.92 Å². The molecule has 0 saturated heterocycles. The van der Waals surface area contributed by atoms with Crippen molar-refractivity contribution in [2.75, 3.05) is 18.1 Å². The third-order valence-electron chi connectivity index (χ3n) is 2.98. The van der Waals surface area contributed by atoms with Crippen molar-refractivity contribution in [3.63, 3.8) is 0 Å². The Morgan fingerprint density at radius 1 is 1.33 bits per heavy atom. The average molecular weight is 406 g/mol. The zero-order chi connectivity index (χ0) is 15.7. The van der Waals surface area contributed by atoms with E-state index in [1.807, 2.05) is 0 Å². The van der Waals surface area contributed by atoms with Crippen molar-refractivity contribution >= 4 is 34.2 Å². The minimum absolute atomic E-state index is 0.0923. The third kappa shape index (κ3) is 5.86. The van der Waals surface area contributed by atoms with E-state index in [0.29, 0.717) is 12.1 Å². The fourth-order valence-corrected chi connectivity index (χ4v) is 2.39. The number of rotatable bonds is 9. The number of benzene rings is 1. The molecule has 1 aromatic carbocycles. The molecular formula is C14H19IN2O4. The molecule has 0 aromatic heterocycles. The molecule has 21 heavy (non-hydrogen) atoms. The van der Waals surface area contributed by atoms with Crippen LogP contribution in [0.15, 0.2) is 18.2 Å². The van der Waals surface area contributed by atoms with Crippen LogP contribution in [0.25, 0.3) is 0 Å². The zero-order valence-corrected chi connectivity index (χ0v) is 14.1. The van der Waals surface area contributed by atoms with E-state index in [2.05, 4.69) is 27.9 Å². The highest BCUT2D eigenvalue weighted by Gasteiger charge is 2.17. The normalized spacial score (nSPS) is 10.2. The van der Waals surface area contributed by atoms with Crippen molar-refractivity contribution in [1.82, 2.24) is 5.32 Å². The number of halogens is 1. The second-order valence-corrected chi connectivity index (χ2v) is 5.58. The summed E-state index contributed by atoms with van der Waals surface area (Å²) in [6.45, 7) is 0.610.